The number of benzene rings is 1. The summed E-state index contributed by atoms with van der Waals surface area (Å²) in [4.78, 5) is 10.9. The molecule has 0 aromatic heterocycles. The van der Waals surface area contributed by atoms with Gasteiger partial charge in [0.05, 0.1) is 11.0 Å². The lowest BCUT2D eigenvalue weighted by molar-refractivity contribution is 0.0688. The molecule has 0 spiro atoms. The molecular weight excluding hydrogens is 270 g/mol. The topological polar surface area (TPSA) is 107 Å². The minimum absolute atomic E-state index is 0.113. The fourth-order valence-corrected chi connectivity index (χ4v) is 2.13. The number of primary sulfonamides is 1. The van der Waals surface area contributed by atoms with Crippen LogP contribution >= 0.6 is 0 Å². The fourth-order valence-electron chi connectivity index (χ4n) is 1.59. The fraction of sp³-hybridized carbons (Fsp3) is 0.417. The summed E-state index contributed by atoms with van der Waals surface area (Å²) in [5.74, 6) is -1.11. The smallest absolute Gasteiger partial charge is 0.339 e. The van der Waals surface area contributed by atoms with Crippen molar-refractivity contribution in [1.29, 1.82) is 0 Å². The molecule has 7 heteroatoms. The van der Waals surface area contributed by atoms with Crippen LogP contribution in [-0.2, 0) is 10.0 Å². The van der Waals surface area contributed by atoms with E-state index >= 15 is 0 Å². The normalized spacial score (nSPS) is 11.6. The highest BCUT2D eigenvalue weighted by Crippen LogP contribution is 2.24. The molecule has 0 atom stereocenters. The lowest BCUT2D eigenvalue weighted by Gasteiger charge is -2.17. The van der Waals surface area contributed by atoms with Gasteiger partial charge in [-0.25, -0.2) is 18.4 Å². The van der Waals surface area contributed by atoms with Crippen LogP contribution in [-0.4, -0.2) is 25.6 Å². The van der Waals surface area contributed by atoms with Crippen LogP contribution in [0.5, 0.6) is 5.75 Å². The summed E-state index contributed by atoms with van der Waals surface area (Å²) in [5.41, 5.74) is -0.210. The Kier molecular flexibility index (Phi) is 4.90. The van der Waals surface area contributed by atoms with E-state index in [9.17, 15) is 13.2 Å². The number of carboxylic acid groups (broad SMARTS) is 1. The third kappa shape index (κ3) is 3.93. The van der Waals surface area contributed by atoms with Gasteiger partial charge in [0.1, 0.15) is 11.3 Å². The molecule has 0 unspecified atom stereocenters. The predicted molar refractivity (Wildman–Crippen MR) is 69.8 cm³/mol. The van der Waals surface area contributed by atoms with Crippen LogP contribution in [0.2, 0.25) is 0 Å². The number of rotatable bonds is 6. The average Bonchev–Trinajstić information content (AvgIpc) is 2.34. The summed E-state index contributed by atoms with van der Waals surface area (Å²) >= 11 is 0. The van der Waals surface area contributed by atoms with Crippen molar-refractivity contribution in [3.63, 3.8) is 0 Å². The highest BCUT2D eigenvalue weighted by molar-refractivity contribution is 7.89. The third-order valence-corrected chi connectivity index (χ3v) is 3.63. The number of hydrogen-bond acceptors (Lipinski definition) is 4. The summed E-state index contributed by atoms with van der Waals surface area (Å²) in [6, 6.07) is 3.57. The van der Waals surface area contributed by atoms with Crippen molar-refractivity contribution in [3.05, 3.63) is 23.8 Å². The lowest BCUT2D eigenvalue weighted by Crippen LogP contribution is -2.17. The largest absolute Gasteiger partial charge is 0.490 e. The Bertz CT molecular complexity index is 563. The first-order chi connectivity index (χ1) is 8.79. The van der Waals surface area contributed by atoms with Gasteiger partial charge in [-0.1, -0.05) is 13.8 Å². The van der Waals surface area contributed by atoms with E-state index in [1.807, 2.05) is 13.8 Å². The Morgan fingerprint density at radius 3 is 2.37 bits per heavy atom. The van der Waals surface area contributed by atoms with Gasteiger partial charge in [-0.05, 0) is 31.0 Å². The molecule has 1 aromatic rings. The van der Waals surface area contributed by atoms with Crippen molar-refractivity contribution in [3.8, 4) is 5.75 Å². The minimum Gasteiger partial charge on any atom is -0.490 e. The standard InChI is InChI=1S/C12H17NO5S/c1-3-8(4-2)18-11-6-5-9(19(13,16)17)7-10(11)12(14)15/h5-8H,3-4H2,1-2H3,(H,14,15)(H2,13,16,17). The Labute approximate surface area is 112 Å². The summed E-state index contributed by atoms with van der Waals surface area (Å²) in [6.07, 6.45) is 1.34. The first-order valence-electron chi connectivity index (χ1n) is 5.86. The molecule has 0 aliphatic carbocycles. The van der Waals surface area contributed by atoms with Crippen molar-refractivity contribution < 1.29 is 23.1 Å². The number of ether oxygens (including phenoxy) is 1. The molecule has 0 radical (unpaired) electrons. The monoisotopic (exact) mass is 287 g/mol. The second-order valence-electron chi connectivity index (χ2n) is 4.06. The van der Waals surface area contributed by atoms with E-state index in [4.69, 9.17) is 15.0 Å². The molecule has 3 N–H and O–H groups in total. The van der Waals surface area contributed by atoms with E-state index in [1.54, 1.807) is 0 Å². The van der Waals surface area contributed by atoms with E-state index in [2.05, 4.69) is 0 Å². The molecule has 0 saturated heterocycles. The van der Waals surface area contributed by atoms with E-state index in [1.165, 1.54) is 12.1 Å². The Hall–Kier alpha value is -1.60. The van der Waals surface area contributed by atoms with Crippen LogP contribution < -0.4 is 9.88 Å². The maximum absolute atomic E-state index is 11.2. The van der Waals surface area contributed by atoms with Crippen molar-refractivity contribution in [2.24, 2.45) is 5.14 Å². The maximum Gasteiger partial charge on any atom is 0.339 e. The van der Waals surface area contributed by atoms with Crippen molar-refractivity contribution in [2.75, 3.05) is 0 Å². The Morgan fingerprint density at radius 1 is 1.37 bits per heavy atom. The number of sulfonamides is 1. The molecule has 1 aromatic carbocycles. The van der Waals surface area contributed by atoms with Gasteiger partial charge in [0.25, 0.3) is 0 Å². The highest BCUT2D eigenvalue weighted by atomic mass is 32.2. The molecule has 0 heterocycles. The molecule has 0 aliphatic rings. The number of aromatic carboxylic acids is 1. The van der Waals surface area contributed by atoms with Crippen LogP contribution in [0.4, 0.5) is 0 Å². The first kappa shape index (κ1) is 15.5. The van der Waals surface area contributed by atoms with Gasteiger partial charge in [-0.2, -0.15) is 0 Å². The molecule has 0 amide bonds. The summed E-state index contributed by atoms with van der Waals surface area (Å²) < 4.78 is 28.0. The lowest BCUT2D eigenvalue weighted by atomic mass is 10.2. The third-order valence-electron chi connectivity index (χ3n) is 2.71. The van der Waals surface area contributed by atoms with Crippen LogP contribution in [0, 0.1) is 0 Å². The second-order valence-corrected chi connectivity index (χ2v) is 5.63. The Morgan fingerprint density at radius 2 is 1.95 bits per heavy atom. The summed E-state index contributed by atoms with van der Waals surface area (Å²) in [5, 5.41) is 14.1. The van der Waals surface area contributed by atoms with Gasteiger partial charge in [-0.15, -0.1) is 0 Å². The van der Waals surface area contributed by atoms with Crippen LogP contribution in [0.1, 0.15) is 37.0 Å². The zero-order valence-corrected chi connectivity index (χ0v) is 11.6. The van der Waals surface area contributed by atoms with Gasteiger partial charge in [0.2, 0.25) is 10.0 Å². The average molecular weight is 287 g/mol. The maximum atomic E-state index is 11.2. The van der Waals surface area contributed by atoms with Crippen LogP contribution in [0.15, 0.2) is 23.1 Å². The molecule has 1 rings (SSSR count). The summed E-state index contributed by atoms with van der Waals surface area (Å²) in [6.45, 7) is 3.85. The number of nitrogens with two attached hydrogens (primary N) is 1. The van der Waals surface area contributed by atoms with Crippen molar-refractivity contribution in [2.45, 2.75) is 37.7 Å². The molecule has 0 fully saturated rings. The number of hydrogen-bond donors (Lipinski definition) is 2. The van der Waals surface area contributed by atoms with Gasteiger partial charge >= 0.3 is 5.97 Å². The van der Waals surface area contributed by atoms with Gasteiger partial charge < -0.3 is 9.84 Å². The Balaban J connectivity index is 3.23. The molecule has 0 saturated carbocycles. The van der Waals surface area contributed by atoms with E-state index < -0.39 is 16.0 Å². The van der Waals surface area contributed by atoms with Gasteiger partial charge in [-0.3, -0.25) is 0 Å². The quantitative estimate of drug-likeness (QED) is 0.826. The van der Waals surface area contributed by atoms with Crippen molar-refractivity contribution >= 4 is 16.0 Å². The van der Waals surface area contributed by atoms with E-state index in [0.717, 1.165) is 18.9 Å². The second kappa shape index (κ2) is 6.03. The molecule has 0 aliphatic heterocycles. The molecule has 6 nitrogen and oxygen atoms in total. The van der Waals surface area contributed by atoms with Gasteiger partial charge in [0.15, 0.2) is 0 Å². The number of carbonyl (C=O) groups is 1. The zero-order valence-electron chi connectivity index (χ0n) is 10.8. The predicted octanol–water partition coefficient (Wildman–Crippen LogP) is 1.60. The zero-order chi connectivity index (χ0) is 14.6. The molecular formula is C12H17NO5S. The number of carboxylic acids is 1. The summed E-state index contributed by atoms with van der Waals surface area (Å²) in [7, 11) is -3.93. The van der Waals surface area contributed by atoms with Crippen LogP contribution in [0.3, 0.4) is 0 Å². The first-order valence-corrected chi connectivity index (χ1v) is 7.41. The van der Waals surface area contributed by atoms with Crippen molar-refractivity contribution in [1.82, 2.24) is 0 Å². The molecule has 106 valence electrons. The molecule has 0 bridgehead atoms. The SMILES string of the molecule is CCC(CC)Oc1ccc(S(N)(=O)=O)cc1C(=O)O. The van der Waals surface area contributed by atoms with Gasteiger partial charge in [0, 0.05) is 0 Å². The van der Waals surface area contributed by atoms with E-state index in [-0.39, 0.29) is 22.3 Å². The highest BCUT2D eigenvalue weighted by Gasteiger charge is 2.18. The van der Waals surface area contributed by atoms with E-state index in [0.29, 0.717) is 0 Å². The minimum atomic E-state index is -3.93. The van der Waals surface area contributed by atoms with Crippen LogP contribution in [0.25, 0.3) is 0 Å². The molecule has 19 heavy (non-hydrogen) atoms.